The first-order valence-electron chi connectivity index (χ1n) is 6.92. The van der Waals surface area contributed by atoms with Crippen LogP contribution < -0.4 is 0 Å². The lowest BCUT2D eigenvalue weighted by molar-refractivity contribution is 0.491. The number of hydrogen-bond donors (Lipinski definition) is 0. The minimum absolute atomic E-state index is 0.601. The molecule has 2 heterocycles. The third-order valence-corrected chi connectivity index (χ3v) is 4.92. The van der Waals surface area contributed by atoms with E-state index in [1.54, 1.807) is 6.20 Å². The SMILES string of the molecule is Clc1ccc(CSc2nc3cc(Cl)c4cccnc4c3o2)cc1. The molecule has 2 aromatic carbocycles. The molecular weight excluding hydrogens is 351 g/mol. The molecule has 0 saturated heterocycles. The quantitative estimate of drug-likeness (QED) is 0.421. The van der Waals surface area contributed by atoms with Crippen molar-refractivity contribution in [2.45, 2.75) is 11.0 Å². The van der Waals surface area contributed by atoms with Gasteiger partial charge in [-0.05, 0) is 35.9 Å². The summed E-state index contributed by atoms with van der Waals surface area (Å²) in [7, 11) is 0. The number of hydrogen-bond acceptors (Lipinski definition) is 4. The van der Waals surface area contributed by atoms with E-state index in [0.717, 1.165) is 32.8 Å². The van der Waals surface area contributed by atoms with Gasteiger partial charge in [0, 0.05) is 22.4 Å². The Labute approximate surface area is 146 Å². The first kappa shape index (κ1) is 14.8. The van der Waals surface area contributed by atoms with Gasteiger partial charge < -0.3 is 4.42 Å². The molecule has 23 heavy (non-hydrogen) atoms. The summed E-state index contributed by atoms with van der Waals surface area (Å²) in [5, 5.41) is 2.83. The summed E-state index contributed by atoms with van der Waals surface area (Å²) in [5.41, 5.74) is 3.28. The molecular formula is C17H10Cl2N2OS. The van der Waals surface area contributed by atoms with Gasteiger partial charge in [0.05, 0.1) is 5.02 Å². The van der Waals surface area contributed by atoms with Gasteiger partial charge in [-0.15, -0.1) is 0 Å². The molecule has 4 rings (SSSR count). The summed E-state index contributed by atoms with van der Waals surface area (Å²) in [5.74, 6) is 0.753. The molecule has 0 amide bonds. The molecule has 0 spiro atoms. The highest BCUT2D eigenvalue weighted by molar-refractivity contribution is 7.98. The largest absolute Gasteiger partial charge is 0.429 e. The van der Waals surface area contributed by atoms with Crippen molar-refractivity contribution in [3.8, 4) is 0 Å². The van der Waals surface area contributed by atoms with Crippen molar-refractivity contribution in [2.24, 2.45) is 0 Å². The van der Waals surface area contributed by atoms with Crippen LogP contribution in [0.3, 0.4) is 0 Å². The van der Waals surface area contributed by atoms with Crippen LogP contribution in [0.5, 0.6) is 0 Å². The van der Waals surface area contributed by atoms with Gasteiger partial charge in [0.2, 0.25) is 0 Å². The Morgan fingerprint density at radius 1 is 1.09 bits per heavy atom. The van der Waals surface area contributed by atoms with Gasteiger partial charge in [0.15, 0.2) is 5.58 Å². The molecule has 3 nitrogen and oxygen atoms in total. The van der Waals surface area contributed by atoms with Gasteiger partial charge in [-0.1, -0.05) is 47.1 Å². The van der Waals surface area contributed by atoms with E-state index in [9.17, 15) is 0 Å². The predicted octanol–water partition coefficient (Wildman–Crippen LogP) is 5.98. The van der Waals surface area contributed by atoms with Crippen LogP contribution in [0, 0.1) is 0 Å². The Hall–Kier alpha value is -1.75. The van der Waals surface area contributed by atoms with Crippen molar-refractivity contribution >= 4 is 57.0 Å². The molecule has 0 unspecified atom stereocenters. The lowest BCUT2D eigenvalue weighted by Crippen LogP contribution is -1.80. The second-order valence-corrected chi connectivity index (χ2v) is 6.77. The van der Waals surface area contributed by atoms with Crippen molar-refractivity contribution in [3.05, 3.63) is 64.3 Å². The number of oxazole rings is 1. The van der Waals surface area contributed by atoms with E-state index in [1.165, 1.54) is 11.8 Å². The fourth-order valence-electron chi connectivity index (χ4n) is 2.34. The van der Waals surface area contributed by atoms with Crippen LogP contribution >= 0.6 is 35.0 Å². The molecule has 0 atom stereocenters. The average molecular weight is 361 g/mol. The summed E-state index contributed by atoms with van der Waals surface area (Å²) in [6.07, 6.45) is 1.72. The van der Waals surface area contributed by atoms with Crippen LogP contribution in [0.25, 0.3) is 22.0 Å². The fourth-order valence-corrected chi connectivity index (χ4v) is 3.51. The normalized spacial score (nSPS) is 11.4. The summed E-state index contributed by atoms with van der Waals surface area (Å²) < 4.78 is 5.89. The summed E-state index contributed by atoms with van der Waals surface area (Å²) in [4.78, 5) is 8.87. The molecule has 0 saturated carbocycles. The Morgan fingerprint density at radius 2 is 1.91 bits per heavy atom. The fraction of sp³-hybridized carbons (Fsp3) is 0.0588. The minimum atomic E-state index is 0.601. The zero-order valence-corrected chi connectivity index (χ0v) is 14.1. The van der Waals surface area contributed by atoms with Crippen LogP contribution in [-0.4, -0.2) is 9.97 Å². The Kier molecular flexibility index (Phi) is 3.89. The van der Waals surface area contributed by atoms with Crippen molar-refractivity contribution in [3.63, 3.8) is 0 Å². The zero-order valence-electron chi connectivity index (χ0n) is 11.8. The lowest BCUT2D eigenvalue weighted by atomic mass is 10.2. The maximum Gasteiger partial charge on any atom is 0.257 e. The monoisotopic (exact) mass is 360 g/mol. The molecule has 0 aliphatic heterocycles. The van der Waals surface area contributed by atoms with Gasteiger partial charge in [0.1, 0.15) is 11.0 Å². The van der Waals surface area contributed by atoms with Crippen LogP contribution in [0.1, 0.15) is 5.56 Å². The van der Waals surface area contributed by atoms with E-state index in [1.807, 2.05) is 42.5 Å². The third kappa shape index (κ3) is 2.90. The van der Waals surface area contributed by atoms with Crippen molar-refractivity contribution in [1.82, 2.24) is 9.97 Å². The first-order valence-corrected chi connectivity index (χ1v) is 8.66. The van der Waals surface area contributed by atoms with E-state index in [4.69, 9.17) is 27.6 Å². The molecule has 114 valence electrons. The zero-order chi connectivity index (χ0) is 15.8. The van der Waals surface area contributed by atoms with Gasteiger partial charge in [-0.2, -0.15) is 0 Å². The van der Waals surface area contributed by atoms with Crippen molar-refractivity contribution in [1.29, 1.82) is 0 Å². The topological polar surface area (TPSA) is 38.9 Å². The summed E-state index contributed by atoms with van der Waals surface area (Å²) in [6, 6.07) is 13.3. The molecule has 2 aromatic heterocycles. The number of rotatable bonds is 3. The maximum atomic E-state index is 6.29. The molecule has 0 fully saturated rings. The molecule has 0 bridgehead atoms. The lowest BCUT2D eigenvalue weighted by Gasteiger charge is -1.99. The smallest absolute Gasteiger partial charge is 0.257 e. The molecule has 6 heteroatoms. The number of nitrogens with zero attached hydrogens (tertiary/aromatic N) is 2. The average Bonchev–Trinajstić information content (AvgIpc) is 2.98. The van der Waals surface area contributed by atoms with E-state index in [-0.39, 0.29) is 0 Å². The number of pyridine rings is 1. The standard InChI is InChI=1S/C17H10Cl2N2OS/c18-11-5-3-10(4-6-11)9-23-17-21-14-8-13(19)12-2-1-7-20-15(12)16(14)22-17/h1-8H,9H2. The van der Waals surface area contributed by atoms with Gasteiger partial charge in [0.25, 0.3) is 5.22 Å². The second kappa shape index (κ2) is 6.04. The minimum Gasteiger partial charge on any atom is -0.429 e. The van der Waals surface area contributed by atoms with E-state index in [2.05, 4.69) is 9.97 Å². The molecule has 0 N–H and O–H groups in total. The van der Waals surface area contributed by atoms with Crippen molar-refractivity contribution < 1.29 is 4.42 Å². The molecule has 0 aliphatic carbocycles. The highest BCUT2D eigenvalue weighted by Gasteiger charge is 2.13. The Balaban J connectivity index is 1.68. The highest BCUT2D eigenvalue weighted by atomic mass is 35.5. The number of benzene rings is 2. The van der Waals surface area contributed by atoms with Crippen LogP contribution in [-0.2, 0) is 5.75 Å². The second-order valence-electron chi connectivity index (χ2n) is 5.00. The molecule has 0 aliphatic rings. The Bertz CT molecular complexity index is 999. The van der Waals surface area contributed by atoms with E-state index < -0.39 is 0 Å². The first-order chi connectivity index (χ1) is 11.2. The molecule has 4 aromatic rings. The number of fused-ring (bicyclic) bond motifs is 3. The summed E-state index contributed by atoms with van der Waals surface area (Å²) >= 11 is 13.7. The van der Waals surface area contributed by atoms with Gasteiger partial charge in [-0.3, -0.25) is 4.98 Å². The number of thioether (sulfide) groups is 1. The number of halogens is 2. The summed E-state index contributed by atoms with van der Waals surface area (Å²) in [6.45, 7) is 0. The third-order valence-electron chi connectivity index (χ3n) is 3.45. The maximum absolute atomic E-state index is 6.29. The van der Waals surface area contributed by atoms with Gasteiger partial charge >= 0.3 is 0 Å². The van der Waals surface area contributed by atoms with Crippen LogP contribution in [0.4, 0.5) is 0 Å². The molecule has 0 radical (unpaired) electrons. The van der Waals surface area contributed by atoms with Crippen molar-refractivity contribution in [2.75, 3.05) is 0 Å². The van der Waals surface area contributed by atoms with Crippen LogP contribution in [0.15, 0.2) is 58.3 Å². The van der Waals surface area contributed by atoms with E-state index in [0.29, 0.717) is 15.8 Å². The predicted molar refractivity (Wildman–Crippen MR) is 95.3 cm³/mol. The van der Waals surface area contributed by atoms with E-state index >= 15 is 0 Å². The Morgan fingerprint density at radius 3 is 2.74 bits per heavy atom. The van der Waals surface area contributed by atoms with Gasteiger partial charge in [-0.25, -0.2) is 4.98 Å². The van der Waals surface area contributed by atoms with Crippen LogP contribution in [0.2, 0.25) is 10.0 Å². The number of aromatic nitrogens is 2. The highest BCUT2D eigenvalue weighted by Crippen LogP contribution is 2.33.